The molecule has 2 aromatic rings. The highest BCUT2D eigenvalue weighted by Crippen LogP contribution is 2.40. The van der Waals surface area contributed by atoms with Crippen molar-refractivity contribution in [2.75, 3.05) is 26.2 Å². The standard InChI is InChI=1S/C25H34N4O3/c1-18-12-19(2)14-20(13-18)16-28-8-5-25(6-9-28)24-26-7-10-29(24)17-22(32-25)23(30)27-15-21-4-3-11-31-21/h7,10,12-14,21-22H,3-6,8-9,11,15-17H2,1-2H3,(H,27,30). The van der Waals surface area contributed by atoms with E-state index in [0.29, 0.717) is 13.1 Å². The van der Waals surface area contributed by atoms with Gasteiger partial charge in [0.05, 0.1) is 12.6 Å². The topological polar surface area (TPSA) is 68.6 Å². The molecule has 3 aliphatic heterocycles. The van der Waals surface area contributed by atoms with Crippen molar-refractivity contribution < 1.29 is 14.3 Å². The summed E-state index contributed by atoms with van der Waals surface area (Å²) in [5, 5.41) is 3.06. The van der Waals surface area contributed by atoms with E-state index in [1.54, 1.807) is 0 Å². The van der Waals surface area contributed by atoms with Crippen molar-refractivity contribution in [3.63, 3.8) is 0 Å². The molecule has 2 fully saturated rings. The SMILES string of the molecule is Cc1cc(C)cc(CN2CCC3(CC2)OC(C(=O)NCC2CCCO2)Cn2ccnc23)c1. The number of imidazole rings is 1. The highest BCUT2D eigenvalue weighted by molar-refractivity contribution is 5.81. The van der Waals surface area contributed by atoms with E-state index in [1.165, 1.54) is 16.7 Å². The second-order valence-corrected chi connectivity index (χ2v) is 9.66. The Labute approximate surface area is 190 Å². The molecular weight excluding hydrogens is 404 g/mol. The molecule has 4 heterocycles. The van der Waals surface area contributed by atoms with Crippen LogP contribution in [0.2, 0.25) is 0 Å². The summed E-state index contributed by atoms with van der Waals surface area (Å²) in [6, 6.07) is 6.76. The van der Waals surface area contributed by atoms with Crippen LogP contribution >= 0.6 is 0 Å². The van der Waals surface area contributed by atoms with Gasteiger partial charge in [0, 0.05) is 45.2 Å². The van der Waals surface area contributed by atoms with Crippen LogP contribution in [0.25, 0.3) is 0 Å². The first-order valence-corrected chi connectivity index (χ1v) is 11.9. The summed E-state index contributed by atoms with van der Waals surface area (Å²) in [5.74, 6) is 0.920. The molecule has 0 bridgehead atoms. The molecule has 2 saturated heterocycles. The molecule has 0 saturated carbocycles. The van der Waals surface area contributed by atoms with Crippen LogP contribution in [-0.4, -0.2) is 58.8 Å². The van der Waals surface area contributed by atoms with Crippen LogP contribution in [0.4, 0.5) is 0 Å². The van der Waals surface area contributed by atoms with Gasteiger partial charge in [-0.3, -0.25) is 9.69 Å². The maximum atomic E-state index is 12.9. The van der Waals surface area contributed by atoms with Gasteiger partial charge >= 0.3 is 0 Å². The molecule has 1 N–H and O–H groups in total. The predicted octanol–water partition coefficient (Wildman–Crippen LogP) is 2.69. The second-order valence-electron chi connectivity index (χ2n) is 9.66. The maximum absolute atomic E-state index is 12.9. The summed E-state index contributed by atoms with van der Waals surface area (Å²) in [7, 11) is 0. The van der Waals surface area contributed by atoms with Crippen LogP contribution < -0.4 is 5.32 Å². The van der Waals surface area contributed by atoms with Crippen LogP contribution in [0.5, 0.6) is 0 Å². The smallest absolute Gasteiger partial charge is 0.251 e. The number of fused-ring (bicyclic) bond motifs is 2. The lowest BCUT2D eigenvalue weighted by atomic mass is 9.88. The zero-order chi connectivity index (χ0) is 22.1. The Hall–Kier alpha value is -2.22. The first-order valence-electron chi connectivity index (χ1n) is 11.9. The van der Waals surface area contributed by atoms with Gasteiger partial charge in [-0.15, -0.1) is 0 Å². The van der Waals surface area contributed by atoms with Crippen molar-refractivity contribution in [1.29, 1.82) is 0 Å². The van der Waals surface area contributed by atoms with Gasteiger partial charge in [0.2, 0.25) is 0 Å². The third-order valence-corrected chi connectivity index (χ3v) is 7.03. The fraction of sp³-hybridized carbons (Fsp3) is 0.600. The van der Waals surface area contributed by atoms with Gasteiger partial charge < -0.3 is 19.4 Å². The normalized spacial score (nSPS) is 25.1. The molecule has 1 aromatic carbocycles. The van der Waals surface area contributed by atoms with E-state index in [-0.39, 0.29) is 12.0 Å². The number of piperidine rings is 1. The summed E-state index contributed by atoms with van der Waals surface area (Å²) >= 11 is 0. The third kappa shape index (κ3) is 4.47. The quantitative estimate of drug-likeness (QED) is 0.777. The fourth-order valence-corrected chi connectivity index (χ4v) is 5.50. The number of hydrogen-bond acceptors (Lipinski definition) is 5. The first kappa shape index (κ1) is 21.6. The minimum atomic E-state index is -0.496. The molecule has 1 amide bonds. The van der Waals surface area contributed by atoms with E-state index in [0.717, 1.165) is 57.7 Å². The highest BCUT2D eigenvalue weighted by atomic mass is 16.5. The highest BCUT2D eigenvalue weighted by Gasteiger charge is 2.47. The molecule has 2 atom stereocenters. The Kier molecular flexibility index (Phi) is 6.05. The fourth-order valence-electron chi connectivity index (χ4n) is 5.50. The summed E-state index contributed by atoms with van der Waals surface area (Å²) in [5.41, 5.74) is 3.48. The minimum Gasteiger partial charge on any atom is -0.376 e. The van der Waals surface area contributed by atoms with Crippen LogP contribution in [0, 0.1) is 13.8 Å². The lowest BCUT2D eigenvalue weighted by molar-refractivity contribution is -0.174. The molecule has 7 heteroatoms. The van der Waals surface area contributed by atoms with Crippen LogP contribution in [0.15, 0.2) is 30.6 Å². The monoisotopic (exact) mass is 438 g/mol. The number of aromatic nitrogens is 2. The molecule has 3 aliphatic rings. The number of benzene rings is 1. The van der Waals surface area contributed by atoms with E-state index in [1.807, 2.05) is 12.4 Å². The number of nitrogens with zero attached hydrogens (tertiary/aromatic N) is 3. The lowest BCUT2D eigenvalue weighted by Crippen LogP contribution is -2.54. The van der Waals surface area contributed by atoms with E-state index in [2.05, 4.69) is 51.8 Å². The van der Waals surface area contributed by atoms with Gasteiger partial charge in [-0.05, 0) is 45.1 Å². The molecule has 2 unspecified atom stereocenters. The van der Waals surface area contributed by atoms with E-state index < -0.39 is 11.7 Å². The molecule has 7 nitrogen and oxygen atoms in total. The summed E-state index contributed by atoms with van der Waals surface area (Å²) in [4.78, 5) is 20.1. The summed E-state index contributed by atoms with van der Waals surface area (Å²) in [6.45, 7) is 8.96. The van der Waals surface area contributed by atoms with Crippen molar-refractivity contribution in [1.82, 2.24) is 19.8 Å². The Bertz CT molecular complexity index is 938. The van der Waals surface area contributed by atoms with Gasteiger partial charge in [-0.2, -0.15) is 0 Å². The lowest BCUT2D eigenvalue weighted by Gasteiger charge is -2.45. The van der Waals surface area contributed by atoms with Crippen LogP contribution in [0.1, 0.15) is 48.2 Å². The molecule has 5 rings (SSSR count). The first-order chi connectivity index (χ1) is 15.5. The van der Waals surface area contributed by atoms with Crippen LogP contribution in [0.3, 0.4) is 0 Å². The van der Waals surface area contributed by atoms with E-state index in [4.69, 9.17) is 9.47 Å². The van der Waals surface area contributed by atoms with Crippen molar-refractivity contribution >= 4 is 5.91 Å². The van der Waals surface area contributed by atoms with Gasteiger partial charge in [0.1, 0.15) is 11.4 Å². The summed E-state index contributed by atoms with van der Waals surface area (Å²) < 4.78 is 14.3. The van der Waals surface area contributed by atoms with Crippen molar-refractivity contribution in [3.05, 3.63) is 53.1 Å². The van der Waals surface area contributed by atoms with Gasteiger partial charge in [-0.25, -0.2) is 4.98 Å². The number of hydrogen-bond donors (Lipinski definition) is 1. The summed E-state index contributed by atoms with van der Waals surface area (Å²) in [6.07, 6.45) is 7.20. The van der Waals surface area contributed by atoms with E-state index >= 15 is 0 Å². The predicted molar refractivity (Wildman–Crippen MR) is 121 cm³/mol. The Morgan fingerprint density at radius 3 is 2.72 bits per heavy atom. The largest absolute Gasteiger partial charge is 0.376 e. The molecule has 172 valence electrons. The molecule has 0 radical (unpaired) electrons. The molecule has 0 aliphatic carbocycles. The second kappa shape index (κ2) is 8.96. The Morgan fingerprint density at radius 2 is 2.00 bits per heavy atom. The van der Waals surface area contributed by atoms with Gasteiger partial charge in [0.15, 0.2) is 6.10 Å². The molecule has 1 aromatic heterocycles. The van der Waals surface area contributed by atoms with Gasteiger partial charge in [-0.1, -0.05) is 29.3 Å². The molecule has 32 heavy (non-hydrogen) atoms. The molecule has 1 spiro atoms. The van der Waals surface area contributed by atoms with Crippen molar-refractivity contribution in [3.8, 4) is 0 Å². The maximum Gasteiger partial charge on any atom is 0.251 e. The average molecular weight is 439 g/mol. The molecular formula is C25H34N4O3. The Balaban J connectivity index is 1.25. The number of ether oxygens (including phenoxy) is 2. The van der Waals surface area contributed by atoms with Gasteiger partial charge in [0.25, 0.3) is 5.91 Å². The number of likely N-dealkylation sites (tertiary alicyclic amines) is 1. The number of nitrogens with one attached hydrogen (secondary N) is 1. The van der Waals surface area contributed by atoms with E-state index in [9.17, 15) is 4.79 Å². The zero-order valence-electron chi connectivity index (χ0n) is 19.2. The number of carbonyl (C=O) groups excluding carboxylic acids is 1. The average Bonchev–Trinajstić information content (AvgIpc) is 3.45. The zero-order valence-corrected chi connectivity index (χ0v) is 19.2. The number of aryl methyl sites for hydroxylation is 2. The van der Waals surface area contributed by atoms with Crippen LogP contribution in [-0.2, 0) is 33.0 Å². The van der Waals surface area contributed by atoms with Crippen molar-refractivity contribution in [2.24, 2.45) is 0 Å². The third-order valence-electron chi connectivity index (χ3n) is 7.03. The number of rotatable bonds is 5. The minimum absolute atomic E-state index is 0.0445. The van der Waals surface area contributed by atoms with Crippen molar-refractivity contribution in [2.45, 2.75) is 70.4 Å². The Morgan fingerprint density at radius 1 is 1.22 bits per heavy atom. The number of carbonyl (C=O) groups is 1. The number of amides is 1.